The van der Waals surface area contributed by atoms with Crippen molar-refractivity contribution in [3.8, 4) is 0 Å². The standard InChI is InChI=1S/C20H31N7O5/c1-19(2,3)32-18(28)26(7-6-21)8-11-13-14(31-20(4,5)30-13)17(29-11)27-10-25-12-15(22)23-9-24-16(12)27/h9-11,13-14,17H,6-8,21H2,1-5H3,(H2,22,23,24)/t11-,13-,14-,17-/m1/s1. The highest BCUT2D eigenvalue weighted by Crippen LogP contribution is 2.44. The first-order chi connectivity index (χ1) is 15.0. The Labute approximate surface area is 186 Å². The van der Waals surface area contributed by atoms with E-state index in [0.29, 0.717) is 17.7 Å². The van der Waals surface area contributed by atoms with Crippen molar-refractivity contribution >= 4 is 23.1 Å². The van der Waals surface area contributed by atoms with E-state index in [1.165, 1.54) is 11.2 Å². The lowest BCUT2D eigenvalue weighted by Crippen LogP contribution is -2.46. The number of rotatable bonds is 5. The van der Waals surface area contributed by atoms with Gasteiger partial charge in [-0.2, -0.15) is 0 Å². The summed E-state index contributed by atoms with van der Waals surface area (Å²) in [7, 11) is 0. The van der Waals surface area contributed by atoms with Gasteiger partial charge in [0.1, 0.15) is 35.8 Å². The molecule has 2 aromatic heterocycles. The van der Waals surface area contributed by atoms with Crippen molar-refractivity contribution in [3.63, 3.8) is 0 Å². The maximum absolute atomic E-state index is 12.8. The van der Waals surface area contributed by atoms with Gasteiger partial charge in [-0.3, -0.25) is 4.57 Å². The maximum atomic E-state index is 12.8. The normalized spacial score (nSPS) is 26.9. The average molecular weight is 450 g/mol. The van der Waals surface area contributed by atoms with Crippen LogP contribution in [0.25, 0.3) is 11.2 Å². The van der Waals surface area contributed by atoms with Gasteiger partial charge in [0.15, 0.2) is 23.5 Å². The Morgan fingerprint density at radius 3 is 2.66 bits per heavy atom. The molecule has 12 nitrogen and oxygen atoms in total. The lowest BCUT2D eigenvalue weighted by atomic mass is 10.1. The molecule has 0 saturated carbocycles. The first kappa shape index (κ1) is 22.6. The van der Waals surface area contributed by atoms with Gasteiger partial charge in [-0.25, -0.2) is 19.7 Å². The zero-order chi connectivity index (χ0) is 23.3. The molecule has 2 aromatic rings. The first-order valence-electron chi connectivity index (χ1n) is 10.6. The molecule has 0 radical (unpaired) electrons. The molecule has 0 unspecified atom stereocenters. The van der Waals surface area contributed by atoms with Crippen LogP contribution >= 0.6 is 0 Å². The van der Waals surface area contributed by atoms with Crippen molar-refractivity contribution in [3.05, 3.63) is 12.7 Å². The minimum absolute atomic E-state index is 0.229. The molecule has 0 aromatic carbocycles. The van der Waals surface area contributed by atoms with E-state index in [9.17, 15) is 4.79 Å². The van der Waals surface area contributed by atoms with Gasteiger partial charge in [-0.15, -0.1) is 0 Å². The molecule has 0 bridgehead atoms. The van der Waals surface area contributed by atoms with E-state index in [1.54, 1.807) is 10.9 Å². The average Bonchev–Trinajstić information content (AvgIpc) is 3.32. The Kier molecular flexibility index (Phi) is 5.74. The number of amides is 1. The molecule has 2 saturated heterocycles. The summed E-state index contributed by atoms with van der Waals surface area (Å²) in [6.45, 7) is 9.97. The predicted octanol–water partition coefficient (Wildman–Crippen LogP) is 1.02. The summed E-state index contributed by atoms with van der Waals surface area (Å²) >= 11 is 0. The van der Waals surface area contributed by atoms with Crippen molar-refractivity contribution in [2.24, 2.45) is 5.73 Å². The first-order valence-corrected chi connectivity index (χ1v) is 10.6. The Balaban J connectivity index is 1.62. The number of hydrogen-bond acceptors (Lipinski definition) is 10. The minimum atomic E-state index is -0.815. The fourth-order valence-corrected chi connectivity index (χ4v) is 4.04. The van der Waals surface area contributed by atoms with Crippen LogP contribution in [0.3, 0.4) is 0 Å². The summed E-state index contributed by atoms with van der Waals surface area (Å²) in [4.78, 5) is 26.9. The van der Waals surface area contributed by atoms with E-state index >= 15 is 0 Å². The predicted molar refractivity (Wildman–Crippen MR) is 114 cm³/mol. The summed E-state index contributed by atoms with van der Waals surface area (Å²) in [6, 6.07) is 0. The monoisotopic (exact) mass is 449 g/mol. The van der Waals surface area contributed by atoms with Crippen LogP contribution in [0.5, 0.6) is 0 Å². The smallest absolute Gasteiger partial charge is 0.410 e. The molecule has 0 spiro atoms. The summed E-state index contributed by atoms with van der Waals surface area (Å²) in [6.07, 6.45) is 0.586. The second-order valence-corrected chi connectivity index (χ2v) is 9.43. The highest BCUT2D eigenvalue weighted by molar-refractivity contribution is 5.81. The van der Waals surface area contributed by atoms with Crippen LogP contribution in [0.2, 0.25) is 0 Å². The number of imidazole rings is 1. The number of hydrogen-bond donors (Lipinski definition) is 2. The van der Waals surface area contributed by atoms with Gasteiger partial charge in [-0.1, -0.05) is 0 Å². The van der Waals surface area contributed by atoms with E-state index in [1.807, 2.05) is 34.6 Å². The fourth-order valence-electron chi connectivity index (χ4n) is 4.04. The van der Waals surface area contributed by atoms with Gasteiger partial charge in [0.2, 0.25) is 0 Å². The van der Waals surface area contributed by atoms with Crippen LogP contribution in [0.1, 0.15) is 40.8 Å². The second-order valence-electron chi connectivity index (χ2n) is 9.43. The molecule has 2 aliphatic rings. The molecule has 1 amide bonds. The van der Waals surface area contributed by atoms with E-state index in [-0.39, 0.29) is 18.9 Å². The molecule has 12 heteroatoms. The van der Waals surface area contributed by atoms with Crippen LogP contribution in [0.15, 0.2) is 12.7 Å². The quantitative estimate of drug-likeness (QED) is 0.676. The van der Waals surface area contributed by atoms with Crippen LogP contribution in [0, 0.1) is 0 Å². The minimum Gasteiger partial charge on any atom is -0.444 e. The Morgan fingerprint density at radius 1 is 1.25 bits per heavy atom. The Morgan fingerprint density at radius 2 is 1.97 bits per heavy atom. The molecular weight excluding hydrogens is 418 g/mol. The third-order valence-electron chi connectivity index (χ3n) is 5.24. The number of carbonyl (C=O) groups excluding carboxylic acids is 1. The third-order valence-corrected chi connectivity index (χ3v) is 5.24. The summed E-state index contributed by atoms with van der Waals surface area (Å²) in [5.74, 6) is -0.534. The molecular formula is C20H31N7O5. The molecule has 4 heterocycles. The number of nitrogens with two attached hydrogens (primary N) is 2. The van der Waals surface area contributed by atoms with Crippen LogP contribution in [-0.4, -0.2) is 79.8 Å². The Bertz CT molecular complexity index is 988. The molecule has 176 valence electrons. The van der Waals surface area contributed by atoms with E-state index in [0.717, 1.165) is 0 Å². The lowest BCUT2D eigenvalue weighted by Gasteiger charge is -2.30. The number of carbonyl (C=O) groups is 1. The van der Waals surface area contributed by atoms with Crippen molar-refractivity contribution < 1.29 is 23.7 Å². The van der Waals surface area contributed by atoms with Gasteiger partial charge in [-0.05, 0) is 34.6 Å². The fraction of sp³-hybridized carbons (Fsp3) is 0.700. The third kappa shape index (κ3) is 4.35. The Hall–Kier alpha value is -2.54. The molecule has 2 fully saturated rings. The maximum Gasteiger partial charge on any atom is 0.410 e. The number of aromatic nitrogens is 4. The molecule has 0 aliphatic carbocycles. The van der Waals surface area contributed by atoms with Crippen LogP contribution in [-0.2, 0) is 18.9 Å². The molecule has 4 rings (SSSR count). The van der Waals surface area contributed by atoms with Crippen molar-refractivity contribution in [2.45, 2.75) is 70.5 Å². The largest absolute Gasteiger partial charge is 0.444 e. The van der Waals surface area contributed by atoms with Crippen molar-refractivity contribution in [1.82, 2.24) is 24.4 Å². The van der Waals surface area contributed by atoms with Gasteiger partial charge < -0.3 is 35.3 Å². The van der Waals surface area contributed by atoms with Gasteiger partial charge in [0.25, 0.3) is 0 Å². The molecule has 4 atom stereocenters. The van der Waals surface area contributed by atoms with Gasteiger partial charge in [0.05, 0.1) is 12.9 Å². The highest BCUT2D eigenvalue weighted by Gasteiger charge is 2.56. The summed E-state index contributed by atoms with van der Waals surface area (Å²) < 4.78 is 26.0. The second kappa shape index (κ2) is 8.10. The zero-order valence-electron chi connectivity index (χ0n) is 19.0. The van der Waals surface area contributed by atoms with E-state index in [4.69, 9.17) is 30.4 Å². The van der Waals surface area contributed by atoms with Crippen LogP contribution < -0.4 is 11.5 Å². The molecule has 2 aliphatic heterocycles. The van der Waals surface area contributed by atoms with E-state index < -0.39 is 42.0 Å². The number of fused-ring (bicyclic) bond motifs is 2. The number of nitrogen functional groups attached to an aromatic ring is 1. The summed E-state index contributed by atoms with van der Waals surface area (Å²) in [5.41, 5.74) is 12.1. The van der Waals surface area contributed by atoms with Crippen molar-refractivity contribution in [1.29, 1.82) is 0 Å². The van der Waals surface area contributed by atoms with Crippen molar-refractivity contribution in [2.75, 3.05) is 25.4 Å². The van der Waals surface area contributed by atoms with E-state index in [2.05, 4.69) is 15.0 Å². The van der Waals surface area contributed by atoms with Gasteiger partial charge >= 0.3 is 6.09 Å². The summed E-state index contributed by atoms with van der Waals surface area (Å²) in [5, 5.41) is 0. The number of anilines is 1. The molecule has 32 heavy (non-hydrogen) atoms. The topological polar surface area (TPSA) is 153 Å². The zero-order valence-corrected chi connectivity index (χ0v) is 19.0. The molecule has 4 N–H and O–H groups in total. The van der Waals surface area contributed by atoms with Crippen LogP contribution in [0.4, 0.5) is 10.6 Å². The number of nitrogens with zero attached hydrogens (tertiary/aromatic N) is 5. The number of ether oxygens (including phenoxy) is 4. The van der Waals surface area contributed by atoms with Gasteiger partial charge in [0, 0.05) is 13.1 Å². The highest BCUT2D eigenvalue weighted by atomic mass is 16.8. The lowest BCUT2D eigenvalue weighted by molar-refractivity contribution is -0.197. The SMILES string of the molecule is CC(C)(C)OC(=O)N(CCN)C[C@H]1O[C@@H](n2cnc3c(N)ncnc32)[C@@H]2OC(C)(C)O[C@@H]21.